The maximum absolute atomic E-state index is 12.2. The molecule has 3 rings (SSSR count). The molecular formula is C22H22N5O4S-. The first kappa shape index (κ1) is 23.0. The Morgan fingerprint density at radius 2 is 1.94 bits per heavy atom. The summed E-state index contributed by atoms with van der Waals surface area (Å²) in [5, 5.41) is 23.6. The van der Waals surface area contributed by atoms with Crippen molar-refractivity contribution in [3.63, 3.8) is 0 Å². The SMILES string of the molecule is CCn1c(SCC(=O)N/N=C/c2ccccc2OCC(=O)[O-])nnc1-c1ccc(C)cc1. The molecule has 0 radical (unpaired) electrons. The number of amides is 1. The van der Waals surface area contributed by atoms with Crippen molar-refractivity contribution >= 4 is 29.9 Å². The van der Waals surface area contributed by atoms with Crippen LogP contribution in [0, 0.1) is 6.92 Å². The molecule has 0 saturated carbocycles. The molecule has 0 aliphatic carbocycles. The summed E-state index contributed by atoms with van der Waals surface area (Å²) in [6.07, 6.45) is 1.39. The Morgan fingerprint density at radius 3 is 2.66 bits per heavy atom. The molecule has 166 valence electrons. The second kappa shape index (κ2) is 11.1. The molecule has 0 unspecified atom stereocenters. The van der Waals surface area contributed by atoms with Crippen molar-refractivity contribution in [1.29, 1.82) is 0 Å². The minimum Gasteiger partial charge on any atom is -0.546 e. The minimum absolute atomic E-state index is 0.103. The Morgan fingerprint density at radius 1 is 1.19 bits per heavy atom. The highest BCUT2D eigenvalue weighted by Gasteiger charge is 2.14. The third-order valence-electron chi connectivity index (χ3n) is 4.33. The van der Waals surface area contributed by atoms with E-state index in [1.54, 1.807) is 24.3 Å². The number of nitrogens with zero attached hydrogens (tertiary/aromatic N) is 4. The average Bonchev–Trinajstić information content (AvgIpc) is 3.20. The standard InChI is InChI=1S/C22H23N5O4S/c1-3-27-21(16-10-8-15(2)9-11-16)25-26-22(27)32-14-19(28)24-23-12-17-6-4-5-7-18(17)31-13-20(29)30/h4-12H,3,13-14H2,1-2H3,(H,24,28)(H,29,30)/p-1/b23-12+. The normalized spacial score (nSPS) is 10.9. The fourth-order valence-corrected chi connectivity index (χ4v) is 3.58. The zero-order valence-electron chi connectivity index (χ0n) is 17.6. The summed E-state index contributed by atoms with van der Waals surface area (Å²) in [6, 6.07) is 14.8. The third kappa shape index (κ3) is 6.17. The second-order valence-corrected chi connectivity index (χ2v) is 7.64. The molecule has 0 aliphatic rings. The molecule has 1 amide bonds. The molecule has 0 spiro atoms. The maximum Gasteiger partial charge on any atom is 0.250 e. The van der Waals surface area contributed by atoms with E-state index in [1.807, 2.05) is 42.7 Å². The van der Waals surface area contributed by atoms with E-state index in [1.165, 1.54) is 18.0 Å². The highest BCUT2D eigenvalue weighted by atomic mass is 32.2. The molecule has 1 aromatic heterocycles. The first-order valence-electron chi connectivity index (χ1n) is 9.84. The van der Waals surface area contributed by atoms with Crippen molar-refractivity contribution in [2.24, 2.45) is 5.10 Å². The zero-order chi connectivity index (χ0) is 22.9. The smallest absolute Gasteiger partial charge is 0.250 e. The van der Waals surface area contributed by atoms with E-state index in [4.69, 9.17) is 4.74 Å². The van der Waals surface area contributed by atoms with Crippen LogP contribution in [0.1, 0.15) is 18.1 Å². The van der Waals surface area contributed by atoms with Crippen LogP contribution in [0.25, 0.3) is 11.4 Å². The highest BCUT2D eigenvalue weighted by Crippen LogP contribution is 2.24. The van der Waals surface area contributed by atoms with Crippen LogP contribution in [-0.4, -0.2) is 45.2 Å². The molecule has 2 aromatic carbocycles. The van der Waals surface area contributed by atoms with Crippen molar-refractivity contribution in [2.45, 2.75) is 25.5 Å². The van der Waals surface area contributed by atoms with E-state index in [-0.39, 0.29) is 11.7 Å². The number of hydrogen-bond acceptors (Lipinski definition) is 8. The van der Waals surface area contributed by atoms with Crippen LogP contribution < -0.4 is 15.3 Å². The number of hydrazone groups is 1. The van der Waals surface area contributed by atoms with Gasteiger partial charge in [0.15, 0.2) is 11.0 Å². The lowest BCUT2D eigenvalue weighted by Crippen LogP contribution is -2.29. The molecule has 3 aromatic rings. The Hall–Kier alpha value is -3.66. The van der Waals surface area contributed by atoms with Gasteiger partial charge in [-0.25, -0.2) is 5.43 Å². The van der Waals surface area contributed by atoms with Crippen LogP contribution in [0.5, 0.6) is 5.75 Å². The maximum atomic E-state index is 12.2. The molecule has 1 heterocycles. The fourth-order valence-electron chi connectivity index (χ4n) is 2.79. The van der Waals surface area contributed by atoms with Gasteiger partial charge in [0.2, 0.25) is 0 Å². The lowest BCUT2D eigenvalue weighted by Gasteiger charge is -2.09. The predicted molar refractivity (Wildman–Crippen MR) is 119 cm³/mol. The number of para-hydroxylation sites is 1. The molecule has 32 heavy (non-hydrogen) atoms. The quantitative estimate of drug-likeness (QED) is 0.282. The number of carbonyl (C=O) groups excluding carboxylic acids is 2. The fraction of sp³-hybridized carbons (Fsp3) is 0.227. The summed E-state index contributed by atoms with van der Waals surface area (Å²) in [4.78, 5) is 22.8. The number of aryl methyl sites for hydroxylation is 1. The Kier molecular flexibility index (Phi) is 7.98. The first-order valence-corrected chi connectivity index (χ1v) is 10.8. The van der Waals surface area contributed by atoms with Crippen molar-refractivity contribution < 1.29 is 19.4 Å². The Balaban J connectivity index is 1.58. The lowest BCUT2D eigenvalue weighted by atomic mass is 10.1. The minimum atomic E-state index is -1.33. The lowest BCUT2D eigenvalue weighted by molar-refractivity contribution is -0.307. The molecule has 0 atom stereocenters. The molecule has 10 heteroatoms. The number of rotatable bonds is 10. The van der Waals surface area contributed by atoms with E-state index in [9.17, 15) is 14.7 Å². The number of hydrogen-bond donors (Lipinski definition) is 1. The summed E-state index contributed by atoms with van der Waals surface area (Å²) in [6.45, 7) is 4.11. The molecule has 0 fully saturated rings. The monoisotopic (exact) mass is 452 g/mol. The van der Waals surface area contributed by atoms with Gasteiger partial charge in [0.25, 0.3) is 5.91 Å². The molecular weight excluding hydrogens is 430 g/mol. The number of carboxylic acids is 1. The van der Waals surface area contributed by atoms with Gasteiger partial charge in [-0.2, -0.15) is 5.10 Å². The van der Waals surface area contributed by atoms with Crippen molar-refractivity contribution in [2.75, 3.05) is 12.4 Å². The molecule has 0 bridgehead atoms. The summed E-state index contributed by atoms with van der Waals surface area (Å²) < 4.78 is 7.10. The number of ether oxygens (including phenoxy) is 1. The van der Waals surface area contributed by atoms with Gasteiger partial charge < -0.3 is 19.2 Å². The van der Waals surface area contributed by atoms with Gasteiger partial charge in [-0.15, -0.1) is 10.2 Å². The molecule has 1 N–H and O–H groups in total. The van der Waals surface area contributed by atoms with E-state index in [2.05, 4.69) is 20.7 Å². The second-order valence-electron chi connectivity index (χ2n) is 6.70. The van der Waals surface area contributed by atoms with Gasteiger partial charge in [0.1, 0.15) is 12.4 Å². The summed E-state index contributed by atoms with van der Waals surface area (Å²) in [5.74, 6) is -0.466. The number of aliphatic carboxylic acids is 1. The number of nitrogens with one attached hydrogen (secondary N) is 1. The van der Waals surface area contributed by atoms with Crippen LogP contribution in [0.15, 0.2) is 58.8 Å². The van der Waals surface area contributed by atoms with Gasteiger partial charge in [0.05, 0.1) is 17.9 Å². The summed E-state index contributed by atoms with van der Waals surface area (Å²) >= 11 is 1.27. The number of benzene rings is 2. The topological polar surface area (TPSA) is 122 Å². The van der Waals surface area contributed by atoms with Crippen LogP contribution >= 0.6 is 11.8 Å². The van der Waals surface area contributed by atoms with E-state index in [0.29, 0.717) is 23.0 Å². The highest BCUT2D eigenvalue weighted by molar-refractivity contribution is 7.99. The Bertz CT molecular complexity index is 1110. The van der Waals surface area contributed by atoms with Crippen LogP contribution in [0.4, 0.5) is 0 Å². The largest absolute Gasteiger partial charge is 0.546 e. The van der Waals surface area contributed by atoms with Gasteiger partial charge >= 0.3 is 0 Å². The van der Waals surface area contributed by atoms with Gasteiger partial charge in [0, 0.05) is 17.7 Å². The average molecular weight is 453 g/mol. The van der Waals surface area contributed by atoms with E-state index < -0.39 is 12.6 Å². The molecule has 0 aliphatic heterocycles. The number of aromatic nitrogens is 3. The van der Waals surface area contributed by atoms with E-state index >= 15 is 0 Å². The van der Waals surface area contributed by atoms with Crippen molar-refractivity contribution in [1.82, 2.24) is 20.2 Å². The van der Waals surface area contributed by atoms with Crippen LogP contribution in [0.3, 0.4) is 0 Å². The number of carbonyl (C=O) groups is 2. The number of thioether (sulfide) groups is 1. The Labute approximate surface area is 189 Å². The van der Waals surface area contributed by atoms with Crippen molar-refractivity contribution in [3.05, 3.63) is 59.7 Å². The molecule has 9 nitrogen and oxygen atoms in total. The molecule has 0 saturated heterocycles. The van der Waals surface area contributed by atoms with Crippen molar-refractivity contribution in [3.8, 4) is 17.1 Å². The van der Waals surface area contributed by atoms with Crippen LogP contribution in [-0.2, 0) is 16.1 Å². The first-order chi connectivity index (χ1) is 15.5. The van der Waals surface area contributed by atoms with Crippen LogP contribution in [0.2, 0.25) is 0 Å². The zero-order valence-corrected chi connectivity index (χ0v) is 18.5. The van der Waals surface area contributed by atoms with E-state index in [0.717, 1.165) is 17.0 Å². The van der Waals surface area contributed by atoms with Gasteiger partial charge in [-0.05, 0) is 26.0 Å². The van der Waals surface area contributed by atoms with Gasteiger partial charge in [-0.1, -0.05) is 53.7 Å². The van der Waals surface area contributed by atoms with Gasteiger partial charge in [-0.3, -0.25) is 4.79 Å². The summed E-state index contributed by atoms with van der Waals surface area (Å²) in [5.41, 5.74) is 5.09. The number of carboxylic acid groups (broad SMARTS) is 1. The third-order valence-corrected chi connectivity index (χ3v) is 5.30. The summed E-state index contributed by atoms with van der Waals surface area (Å²) in [7, 11) is 0. The predicted octanol–water partition coefficient (Wildman–Crippen LogP) is 1.64.